The Balaban J connectivity index is 1.61. The van der Waals surface area contributed by atoms with Gasteiger partial charge >= 0.3 is 0 Å². The molecule has 2 aromatic carbocycles. The number of benzene rings is 2. The lowest BCUT2D eigenvalue weighted by Gasteiger charge is -2.28. The van der Waals surface area contributed by atoms with E-state index >= 15 is 0 Å². The number of para-hydroxylation sites is 2. The molecule has 1 heterocycles. The summed E-state index contributed by atoms with van der Waals surface area (Å²) in [6, 6.07) is 12.7. The number of anilines is 1. The van der Waals surface area contributed by atoms with Crippen LogP contribution in [0.2, 0.25) is 0 Å². The highest BCUT2D eigenvalue weighted by atomic mass is 16.5. The van der Waals surface area contributed by atoms with Gasteiger partial charge in [0.05, 0.1) is 19.9 Å². The van der Waals surface area contributed by atoms with E-state index in [1.807, 2.05) is 31.2 Å². The van der Waals surface area contributed by atoms with Crippen LogP contribution in [0.25, 0.3) is 0 Å². The van der Waals surface area contributed by atoms with E-state index in [1.54, 1.807) is 32.4 Å². The molecule has 0 radical (unpaired) electrons. The van der Waals surface area contributed by atoms with E-state index in [-0.39, 0.29) is 25.0 Å². The molecule has 29 heavy (non-hydrogen) atoms. The van der Waals surface area contributed by atoms with Crippen molar-refractivity contribution in [3.63, 3.8) is 0 Å². The van der Waals surface area contributed by atoms with Crippen molar-refractivity contribution in [1.29, 1.82) is 0 Å². The summed E-state index contributed by atoms with van der Waals surface area (Å²) in [5.74, 6) is 1.19. The van der Waals surface area contributed by atoms with Gasteiger partial charge in [0.15, 0.2) is 18.1 Å². The second-order valence-electron chi connectivity index (χ2n) is 6.48. The van der Waals surface area contributed by atoms with Crippen LogP contribution in [0.4, 0.5) is 5.69 Å². The normalized spacial score (nSPS) is 13.4. The van der Waals surface area contributed by atoms with Crippen molar-refractivity contribution in [1.82, 2.24) is 5.43 Å². The minimum atomic E-state index is -0.387. The topological polar surface area (TPSA) is 89.5 Å². The lowest BCUT2D eigenvalue weighted by molar-refractivity contribution is -0.125. The number of hydrogen-bond donors (Lipinski definition) is 1. The van der Waals surface area contributed by atoms with E-state index in [9.17, 15) is 9.59 Å². The maximum Gasteiger partial charge on any atom is 0.265 e. The third-order valence-corrected chi connectivity index (χ3v) is 4.39. The van der Waals surface area contributed by atoms with Gasteiger partial charge in [0.25, 0.3) is 11.8 Å². The molecule has 1 aliphatic heterocycles. The average molecular weight is 397 g/mol. The highest BCUT2D eigenvalue weighted by Gasteiger charge is 2.26. The minimum Gasteiger partial charge on any atom is -0.493 e. The van der Waals surface area contributed by atoms with E-state index in [0.717, 1.165) is 5.56 Å². The first kappa shape index (κ1) is 20.2. The summed E-state index contributed by atoms with van der Waals surface area (Å²) in [6.45, 7) is 1.59. The highest BCUT2D eigenvalue weighted by molar-refractivity contribution is 6.02. The molecule has 0 unspecified atom stereocenters. The number of carbonyl (C=O) groups excluding carboxylic acids is 2. The Morgan fingerprint density at radius 3 is 2.69 bits per heavy atom. The SMILES string of the molecule is COc1ccc(C/C(C)=N\NC(=O)CN2C(=O)COc3ccccc32)cc1OC. The van der Waals surface area contributed by atoms with E-state index in [1.165, 1.54) is 4.90 Å². The molecule has 3 rings (SSSR count). The molecule has 152 valence electrons. The number of rotatable bonds is 7. The van der Waals surface area contributed by atoms with Gasteiger partial charge in [0.2, 0.25) is 0 Å². The fraction of sp³-hybridized carbons (Fsp3) is 0.286. The Labute approximate surface area is 169 Å². The zero-order valence-electron chi connectivity index (χ0n) is 16.6. The molecular formula is C21H23N3O5. The van der Waals surface area contributed by atoms with Gasteiger partial charge in [-0.2, -0.15) is 5.10 Å². The van der Waals surface area contributed by atoms with Crippen molar-refractivity contribution >= 4 is 23.2 Å². The summed E-state index contributed by atoms with van der Waals surface area (Å²) in [5, 5.41) is 4.14. The molecular weight excluding hydrogens is 374 g/mol. The van der Waals surface area contributed by atoms with E-state index in [0.29, 0.717) is 35.1 Å². The zero-order chi connectivity index (χ0) is 20.8. The maximum absolute atomic E-state index is 12.3. The average Bonchev–Trinajstić information content (AvgIpc) is 2.74. The fourth-order valence-corrected chi connectivity index (χ4v) is 2.99. The summed E-state index contributed by atoms with van der Waals surface area (Å²) >= 11 is 0. The van der Waals surface area contributed by atoms with Crippen LogP contribution in [0.5, 0.6) is 17.2 Å². The maximum atomic E-state index is 12.3. The van der Waals surface area contributed by atoms with Crippen molar-refractivity contribution < 1.29 is 23.8 Å². The van der Waals surface area contributed by atoms with Crippen LogP contribution < -0.4 is 24.5 Å². The zero-order valence-corrected chi connectivity index (χ0v) is 16.6. The monoisotopic (exact) mass is 397 g/mol. The van der Waals surface area contributed by atoms with Gasteiger partial charge in [0.1, 0.15) is 12.3 Å². The summed E-state index contributed by atoms with van der Waals surface area (Å²) < 4.78 is 15.9. The molecule has 0 spiro atoms. The van der Waals surface area contributed by atoms with E-state index in [2.05, 4.69) is 10.5 Å². The second kappa shape index (κ2) is 9.09. The standard InChI is InChI=1S/C21H23N3O5/c1-14(10-15-8-9-18(27-2)19(11-15)28-3)22-23-20(25)12-24-16-6-4-5-7-17(16)29-13-21(24)26/h4-9,11H,10,12-13H2,1-3H3,(H,23,25)/b22-14-. The quantitative estimate of drug-likeness (QED) is 0.571. The molecule has 2 amide bonds. The smallest absolute Gasteiger partial charge is 0.265 e. The van der Waals surface area contributed by atoms with E-state index < -0.39 is 0 Å². The highest BCUT2D eigenvalue weighted by Crippen LogP contribution is 2.31. The fourth-order valence-electron chi connectivity index (χ4n) is 2.99. The number of nitrogens with one attached hydrogen (secondary N) is 1. The first-order valence-electron chi connectivity index (χ1n) is 9.07. The van der Waals surface area contributed by atoms with Crippen LogP contribution >= 0.6 is 0 Å². The first-order valence-corrected chi connectivity index (χ1v) is 9.07. The van der Waals surface area contributed by atoms with Gasteiger partial charge in [-0.1, -0.05) is 18.2 Å². The van der Waals surface area contributed by atoms with Gasteiger partial charge in [-0.05, 0) is 36.8 Å². The van der Waals surface area contributed by atoms with Crippen LogP contribution in [0.3, 0.4) is 0 Å². The largest absolute Gasteiger partial charge is 0.493 e. The number of amides is 2. The van der Waals surface area contributed by atoms with Gasteiger partial charge in [-0.3, -0.25) is 14.5 Å². The number of ether oxygens (including phenoxy) is 3. The molecule has 0 bridgehead atoms. The van der Waals surface area contributed by atoms with Crippen molar-refractivity contribution in [3.05, 3.63) is 48.0 Å². The molecule has 0 saturated heterocycles. The Hall–Kier alpha value is -3.55. The number of carbonyl (C=O) groups is 2. The van der Waals surface area contributed by atoms with Crippen LogP contribution in [0, 0.1) is 0 Å². The predicted molar refractivity (Wildman–Crippen MR) is 109 cm³/mol. The van der Waals surface area contributed by atoms with Gasteiger partial charge in [-0.25, -0.2) is 5.43 Å². The molecule has 0 atom stereocenters. The van der Waals surface area contributed by atoms with Crippen molar-refractivity contribution in [2.75, 3.05) is 32.3 Å². The third kappa shape index (κ3) is 4.84. The number of hydrogen-bond acceptors (Lipinski definition) is 6. The molecule has 2 aromatic rings. The number of fused-ring (bicyclic) bond motifs is 1. The van der Waals surface area contributed by atoms with Crippen LogP contribution in [0.15, 0.2) is 47.6 Å². The Morgan fingerprint density at radius 2 is 1.93 bits per heavy atom. The van der Waals surface area contributed by atoms with Crippen LogP contribution in [-0.4, -0.2) is 44.9 Å². The number of nitrogens with zero attached hydrogens (tertiary/aromatic N) is 2. The van der Waals surface area contributed by atoms with Gasteiger partial charge in [0, 0.05) is 12.1 Å². The van der Waals surface area contributed by atoms with Crippen molar-refractivity contribution in [2.24, 2.45) is 5.10 Å². The number of methoxy groups -OCH3 is 2. The molecule has 0 aromatic heterocycles. The van der Waals surface area contributed by atoms with Crippen molar-refractivity contribution in [3.8, 4) is 17.2 Å². The molecule has 8 heteroatoms. The molecule has 1 aliphatic rings. The summed E-state index contributed by atoms with van der Waals surface area (Å²) in [4.78, 5) is 25.9. The Morgan fingerprint density at radius 1 is 1.17 bits per heavy atom. The van der Waals surface area contributed by atoms with Gasteiger partial charge in [-0.15, -0.1) is 0 Å². The molecule has 0 aliphatic carbocycles. The van der Waals surface area contributed by atoms with Crippen LogP contribution in [0.1, 0.15) is 12.5 Å². The minimum absolute atomic E-state index is 0.0914. The molecule has 8 nitrogen and oxygen atoms in total. The van der Waals surface area contributed by atoms with Gasteiger partial charge < -0.3 is 14.2 Å². The molecule has 0 saturated carbocycles. The van der Waals surface area contributed by atoms with Crippen LogP contribution in [-0.2, 0) is 16.0 Å². The number of hydrazone groups is 1. The lowest BCUT2D eigenvalue weighted by atomic mass is 10.1. The Kier molecular flexibility index (Phi) is 6.33. The molecule has 0 fully saturated rings. The Bertz CT molecular complexity index is 942. The molecule has 1 N–H and O–H groups in total. The van der Waals surface area contributed by atoms with E-state index in [4.69, 9.17) is 14.2 Å². The van der Waals surface area contributed by atoms with Crippen molar-refractivity contribution in [2.45, 2.75) is 13.3 Å². The summed E-state index contributed by atoms with van der Waals surface area (Å²) in [5.41, 5.74) is 4.76. The predicted octanol–water partition coefficient (Wildman–Crippen LogP) is 2.16. The summed E-state index contributed by atoms with van der Waals surface area (Å²) in [7, 11) is 3.16. The lowest BCUT2D eigenvalue weighted by Crippen LogP contribution is -2.44. The first-order chi connectivity index (χ1) is 14.0. The third-order valence-electron chi connectivity index (χ3n) is 4.39. The summed E-state index contributed by atoms with van der Waals surface area (Å²) in [6.07, 6.45) is 0.528. The second-order valence-corrected chi connectivity index (χ2v) is 6.48.